The lowest BCUT2D eigenvalue weighted by atomic mass is 9.81. The van der Waals surface area contributed by atoms with E-state index in [0.29, 0.717) is 0 Å². The molecule has 0 unspecified atom stereocenters. The zero-order valence-electron chi connectivity index (χ0n) is 31.2. The Kier molecular flexibility index (Phi) is 7.21. The van der Waals surface area contributed by atoms with E-state index in [1.807, 2.05) is 0 Å². The minimum absolute atomic E-state index is 0.0960. The van der Waals surface area contributed by atoms with E-state index in [1.165, 1.54) is 115 Å². The first-order valence-corrected chi connectivity index (χ1v) is 19.4. The van der Waals surface area contributed by atoms with E-state index in [2.05, 4.69) is 184 Å². The summed E-state index contributed by atoms with van der Waals surface area (Å²) in [7, 11) is 0. The van der Waals surface area contributed by atoms with Gasteiger partial charge < -0.3 is 4.90 Å². The van der Waals surface area contributed by atoms with Gasteiger partial charge in [0.15, 0.2) is 0 Å². The summed E-state index contributed by atoms with van der Waals surface area (Å²) in [5.41, 5.74) is 22.3. The maximum absolute atomic E-state index is 2.51. The summed E-state index contributed by atoms with van der Waals surface area (Å²) in [5, 5.41) is 0. The van der Waals surface area contributed by atoms with Crippen LogP contribution in [0.2, 0.25) is 0 Å². The van der Waals surface area contributed by atoms with Crippen molar-refractivity contribution in [3.63, 3.8) is 0 Å². The quantitative estimate of drug-likeness (QED) is 0.175. The normalized spacial score (nSPS) is 15.5. The molecular weight excluding hydrogens is 639 g/mol. The zero-order valence-corrected chi connectivity index (χ0v) is 31.2. The van der Waals surface area contributed by atoms with Crippen LogP contribution >= 0.6 is 0 Å². The van der Waals surface area contributed by atoms with Gasteiger partial charge in [-0.1, -0.05) is 143 Å². The SMILES string of the molecule is CC1(C)c2ccccc2-c2ccc(N(c3ccccc3)c3cc4c(cc3-c3ccc(-c5ccc6c(c5)CCCC6)cc3)-c3ccccc3C4(C)C)cc21. The van der Waals surface area contributed by atoms with E-state index in [4.69, 9.17) is 0 Å². The molecule has 0 aliphatic heterocycles. The lowest BCUT2D eigenvalue weighted by Crippen LogP contribution is -2.18. The fraction of sp³-hybridized carbons (Fsp3) is 0.192. The molecule has 0 aromatic heterocycles. The lowest BCUT2D eigenvalue weighted by molar-refractivity contribution is 0.660. The second kappa shape index (κ2) is 11.9. The monoisotopic (exact) mass is 683 g/mol. The summed E-state index contributed by atoms with van der Waals surface area (Å²) in [6.07, 6.45) is 5.01. The van der Waals surface area contributed by atoms with Crippen molar-refractivity contribution >= 4 is 17.1 Å². The second-order valence-corrected chi connectivity index (χ2v) is 16.4. The molecule has 0 bridgehead atoms. The van der Waals surface area contributed by atoms with Gasteiger partial charge in [0, 0.05) is 27.8 Å². The predicted molar refractivity (Wildman–Crippen MR) is 224 cm³/mol. The van der Waals surface area contributed by atoms with Crippen molar-refractivity contribution in [2.75, 3.05) is 4.90 Å². The van der Waals surface area contributed by atoms with Crippen LogP contribution in [0.3, 0.4) is 0 Å². The molecule has 258 valence electrons. The Morgan fingerprint density at radius 1 is 0.377 bits per heavy atom. The number of hydrogen-bond acceptors (Lipinski definition) is 1. The smallest absolute Gasteiger partial charge is 0.0543 e. The van der Waals surface area contributed by atoms with Crippen molar-refractivity contribution in [3.8, 4) is 44.5 Å². The van der Waals surface area contributed by atoms with Gasteiger partial charge in [-0.05, 0) is 134 Å². The molecule has 10 rings (SSSR count). The highest BCUT2D eigenvalue weighted by Crippen LogP contribution is 2.55. The Labute approximate surface area is 314 Å². The van der Waals surface area contributed by atoms with Gasteiger partial charge in [0.25, 0.3) is 0 Å². The number of aryl methyl sites for hydroxylation is 2. The molecule has 0 fully saturated rings. The summed E-state index contributed by atoms with van der Waals surface area (Å²) < 4.78 is 0. The molecule has 1 nitrogen and oxygen atoms in total. The average Bonchev–Trinajstić information content (AvgIpc) is 3.57. The highest BCUT2D eigenvalue weighted by molar-refractivity contribution is 5.96. The lowest BCUT2D eigenvalue weighted by Gasteiger charge is -2.31. The second-order valence-electron chi connectivity index (χ2n) is 16.4. The molecule has 7 aromatic carbocycles. The fourth-order valence-electron chi connectivity index (χ4n) is 9.74. The van der Waals surface area contributed by atoms with Crippen LogP contribution < -0.4 is 4.90 Å². The molecule has 0 N–H and O–H groups in total. The van der Waals surface area contributed by atoms with Gasteiger partial charge in [0.1, 0.15) is 0 Å². The van der Waals surface area contributed by atoms with Crippen LogP contribution in [0.5, 0.6) is 0 Å². The summed E-state index contributed by atoms with van der Waals surface area (Å²) in [4.78, 5) is 2.51. The maximum Gasteiger partial charge on any atom is 0.0543 e. The van der Waals surface area contributed by atoms with E-state index in [-0.39, 0.29) is 10.8 Å². The van der Waals surface area contributed by atoms with Crippen molar-refractivity contribution in [1.29, 1.82) is 0 Å². The van der Waals surface area contributed by atoms with Gasteiger partial charge >= 0.3 is 0 Å². The molecule has 0 heterocycles. The Morgan fingerprint density at radius 2 is 0.943 bits per heavy atom. The Morgan fingerprint density at radius 3 is 1.66 bits per heavy atom. The van der Waals surface area contributed by atoms with E-state index in [0.717, 1.165) is 5.69 Å². The molecule has 0 saturated carbocycles. The number of benzene rings is 7. The molecule has 7 aromatic rings. The van der Waals surface area contributed by atoms with Crippen molar-refractivity contribution in [2.24, 2.45) is 0 Å². The molecule has 0 saturated heterocycles. The summed E-state index contributed by atoms with van der Waals surface area (Å²) in [6, 6.07) is 57.5. The van der Waals surface area contributed by atoms with E-state index in [9.17, 15) is 0 Å². The molecule has 0 amide bonds. The molecule has 3 aliphatic rings. The van der Waals surface area contributed by atoms with Crippen LogP contribution in [0.25, 0.3) is 44.5 Å². The van der Waals surface area contributed by atoms with Crippen LogP contribution in [-0.2, 0) is 23.7 Å². The van der Waals surface area contributed by atoms with Gasteiger partial charge in [-0.3, -0.25) is 0 Å². The van der Waals surface area contributed by atoms with E-state index in [1.54, 1.807) is 0 Å². The molecule has 0 spiro atoms. The first-order valence-electron chi connectivity index (χ1n) is 19.4. The summed E-state index contributed by atoms with van der Waals surface area (Å²) >= 11 is 0. The van der Waals surface area contributed by atoms with Gasteiger partial charge in [0.05, 0.1) is 5.69 Å². The number of rotatable bonds is 5. The number of anilines is 3. The fourth-order valence-corrected chi connectivity index (χ4v) is 9.74. The predicted octanol–water partition coefficient (Wildman–Crippen LogP) is 14.0. The molecule has 3 aliphatic carbocycles. The van der Waals surface area contributed by atoms with Crippen molar-refractivity contribution in [1.82, 2.24) is 0 Å². The maximum atomic E-state index is 2.51. The summed E-state index contributed by atoms with van der Waals surface area (Å²) in [6.45, 7) is 9.52. The third-order valence-electron chi connectivity index (χ3n) is 12.7. The third-order valence-corrected chi connectivity index (χ3v) is 12.7. The topological polar surface area (TPSA) is 3.24 Å². The van der Waals surface area contributed by atoms with Gasteiger partial charge in [-0.15, -0.1) is 0 Å². The minimum Gasteiger partial charge on any atom is -0.310 e. The Bertz CT molecular complexity index is 2550. The van der Waals surface area contributed by atoms with E-state index < -0.39 is 0 Å². The van der Waals surface area contributed by atoms with Gasteiger partial charge in [-0.2, -0.15) is 0 Å². The number of fused-ring (bicyclic) bond motifs is 7. The summed E-state index contributed by atoms with van der Waals surface area (Å²) in [5.74, 6) is 0. The minimum atomic E-state index is -0.126. The number of para-hydroxylation sites is 1. The number of nitrogens with zero attached hydrogens (tertiary/aromatic N) is 1. The Hall–Kier alpha value is -5.66. The molecular formula is C52H45N. The van der Waals surface area contributed by atoms with Crippen LogP contribution in [0.1, 0.15) is 73.9 Å². The first-order chi connectivity index (χ1) is 25.8. The molecule has 0 atom stereocenters. The standard InChI is InChI=1S/C52H45N/c1-51(2)46-20-12-10-18-41(46)43-29-28-40(31-48(43)51)53(39-16-6-5-7-17-39)50-33-49-45(42-19-11-13-21-47(42)52(49,3)4)32-44(50)36-25-22-35(23-26-36)38-27-24-34-14-8-9-15-37(34)30-38/h5-7,10-13,16-33H,8-9,14-15H2,1-4H3. The van der Waals surface area contributed by atoms with Crippen LogP contribution in [-0.4, -0.2) is 0 Å². The van der Waals surface area contributed by atoms with Crippen LogP contribution in [0.4, 0.5) is 17.1 Å². The third kappa shape index (κ3) is 4.97. The van der Waals surface area contributed by atoms with Crippen molar-refractivity contribution in [2.45, 2.75) is 64.2 Å². The number of hydrogen-bond donors (Lipinski definition) is 0. The van der Waals surface area contributed by atoms with Crippen LogP contribution in [0, 0.1) is 0 Å². The first kappa shape index (κ1) is 32.0. The highest BCUT2D eigenvalue weighted by Gasteiger charge is 2.38. The molecule has 0 radical (unpaired) electrons. The largest absolute Gasteiger partial charge is 0.310 e. The zero-order chi connectivity index (χ0) is 35.9. The van der Waals surface area contributed by atoms with Crippen LogP contribution in [0.15, 0.2) is 152 Å². The van der Waals surface area contributed by atoms with Gasteiger partial charge in [-0.25, -0.2) is 0 Å². The molecule has 53 heavy (non-hydrogen) atoms. The highest BCUT2D eigenvalue weighted by atomic mass is 15.1. The Balaban J connectivity index is 1.18. The van der Waals surface area contributed by atoms with Crippen molar-refractivity contribution in [3.05, 3.63) is 185 Å². The van der Waals surface area contributed by atoms with Gasteiger partial charge in [0.2, 0.25) is 0 Å². The average molecular weight is 684 g/mol. The molecule has 1 heteroatoms. The van der Waals surface area contributed by atoms with Crippen molar-refractivity contribution < 1.29 is 0 Å². The van der Waals surface area contributed by atoms with E-state index >= 15 is 0 Å².